The number of hydrogen-bond donors (Lipinski definition) is 1. The molecule has 0 unspecified atom stereocenters. The number of carbonyl (C=O) groups is 1. The summed E-state index contributed by atoms with van der Waals surface area (Å²) in [5, 5.41) is 2.50. The summed E-state index contributed by atoms with van der Waals surface area (Å²) < 4.78 is 58.4. The Labute approximate surface area is 153 Å². The van der Waals surface area contributed by atoms with Crippen molar-refractivity contribution in [3.8, 4) is 0 Å². The molecule has 0 radical (unpaired) electrons. The second-order valence-corrected chi connectivity index (χ2v) is 8.85. The van der Waals surface area contributed by atoms with Crippen LogP contribution in [0.3, 0.4) is 0 Å². The Balaban J connectivity index is 2.49. The standard InChI is InChI=1S/C15H23NO8S2/c1-25(18,19)23-10-6-9-14(12-24-26(2,20)21)16-15(17)22-11-13-7-4-3-5-8-13/h3-5,7-8,14H,6,9-12H2,1-2H3,(H,16,17)/t14-/m0/s1. The highest BCUT2D eigenvalue weighted by molar-refractivity contribution is 7.86. The zero-order valence-corrected chi connectivity index (χ0v) is 16.2. The van der Waals surface area contributed by atoms with Gasteiger partial charge >= 0.3 is 6.09 Å². The first-order valence-corrected chi connectivity index (χ1v) is 11.3. The molecule has 9 nitrogen and oxygen atoms in total. The Kier molecular flexibility index (Phi) is 8.99. The number of amides is 1. The quantitative estimate of drug-likeness (QED) is 0.424. The lowest BCUT2D eigenvalue weighted by molar-refractivity contribution is 0.129. The first-order valence-electron chi connectivity index (χ1n) is 7.71. The minimum absolute atomic E-state index is 0.0590. The van der Waals surface area contributed by atoms with E-state index in [0.717, 1.165) is 18.1 Å². The van der Waals surface area contributed by atoms with Crippen molar-refractivity contribution in [2.24, 2.45) is 0 Å². The Bertz CT molecular complexity index is 762. The van der Waals surface area contributed by atoms with Crippen molar-refractivity contribution in [2.45, 2.75) is 25.5 Å². The molecule has 0 aromatic heterocycles. The molecule has 1 aromatic carbocycles. The first-order chi connectivity index (χ1) is 12.1. The molecule has 0 saturated heterocycles. The fourth-order valence-electron chi connectivity index (χ4n) is 1.87. The molecule has 148 valence electrons. The average Bonchev–Trinajstić information content (AvgIpc) is 2.53. The second kappa shape index (κ2) is 10.5. The van der Waals surface area contributed by atoms with Crippen LogP contribution in [0.25, 0.3) is 0 Å². The summed E-state index contributed by atoms with van der Waals surface area (Å²) in [5.41, 5.74) is 0.799. The maximum absolute atomic E-state index is 11.9. The Morgan fingerprint density at radius 2 is 1.65 bits per heavy atom. The highest BCUT2D eigenvalue weighted by atomic mass is 32.2. The van der Waals surface area contributed by atoms with E-state index in [1.54, 1.807) is 24.3 Å². The molecule has 0 aliphatic rings. The predicted octanol–water partition coefficient (Wildman–Crippen LogP) is 1.01. The number of ether oxygens (including phenoxy) is 1. The van der Waals surface area contributed by atoms with E-state index in [-0.39, 0.29) is 32.7 Å². The fourth-order valence-corrected chi connectivity index (χ4v) is 2.71. The van der Waals surface area contributed by atoms with Crippen LogP contribution in [0.5, 0.6) is 0 Å². The molecule has 0 heterocycles. The van der Waals surface area contributed by atoms with Gasteiger partial charge in [-0.3, -0.25) is 8.37 Å². The van der Waals surface area contributed by atoms with Crippen molar-refractivity contribution >= 4 is 26.3 Å². The van der Waals surface area contributed by atoms with Crippen LogP contribution in [0.2, 0.25) is 0 Å². The second-order valence-electron chi connectivity index (χ2n) is 5.56. The summed E-state index contributed by atoms with van der Waals surface area (Å²) in [6.45, 7) is -0.323. The Hall–Kier alpha value is -1.69. The van der Waals surface area contributed by atoms with Gasteiger partial charge in [0.25, 0.3) is 20.2 Å². The van der Waals surface area contributed by atoms with E-state index in [0.29, 0.717) is 0 Å². The topological polar surface area (TPSA) is 125 Å². The van der Waals surface area contributed by atoms with Gasteiger partial charge in [-0.05, 0) is 18.4 Å². The summed E-state index contributed by atoms with van der Waals surface area (Å²) in [4.78, 5) is 11.9. The van der Waals surface area contributed by atoms with Gasteiger partial charge in [-0.25, -0.2) is 4.79 Å². The van der Waals surface area contributed by atoms with E-state index in [1.165, 1.54) is 0 Å². The number of alkyl carbamates (subject to hydrolysis) is 1. The van der Waals surface area contributed by atoms with Crippen LogP contribution in [0.4, 0.5) is 4.79 Å². The van der Waals surface area contributed by atoms with Gasteiger partial charge in [0.1, 0.15) is 6.61 Å². The van der Waals surface area contributed by atoms with Gasteiger partial charge in [-0.2, -0.15) is 16.8 Å². The molecule has 26 heavy (non-hydrogen) atoms. The van der Waals surface area contributed by atoms with Gasteiger partial charge in [-0.1, -0.05) is 30.3 Å². The number of nitrogens with one attached hydrogen (secondary N) is 1. The van der Waals surface area contributed by atoms with Crippen LogP contribution >= 0.6 is 0 Å². The highest BCUT2D eigenvalue weighted by Gasteiger charge is 2.16. The molecule has 0 aliphatic carbocycles. The summed E-state index contributed by atoms with van der Waals surface area (Å²) in [5.74, 6) is 0. The van der Waals surface area contributed by atoms with Crippen LogP contribution < -0.4 is 5.32 Å². The highest BCUT2D eigenvalue weighted by Crippen LogP contribution is 2.05. The van der Waals surface area contributed by atoms with Gasteiger partial charge in [0.05, 0.1) is 31.8 Å². The van der Waals surface area contributed by atoms with Gasteiger partial charge < -0.3 is 10.1 Å². The Morgan fingerprint density at radius 1 is 1.04 bits per heavy atom. The average molecular weight is 409 g/mol. The van der Waals surface area contributed by atoms with E-state index in [2.05, 4.69) is 9.50 Å². The molecule has 0 spiro atoms. The van der Waals surface area contributed by atoms with Crippen LogP contribution in [0, 0.1) is 0 Å². The minimum atomic E-state index is -3.68. The lowest BCUT2D eigenvalue weighted by Crippen LogP contribution is -2.39. The van der Waals surface area contributed by atoms with Crippen LogP contribution in [0.15, 0.2) is 30.3 Å². The normalized spacial score (nSPS) is 13.2. The molecular formula is C15H23NO8S2. The van der Waals surface area contributed by atoms with Crippen molar-refractivity contribution in [2.75, 3.05) is 25.7 Å². The largest absolute Gasteiger partial charge is 0.445 e. The summed E-state index contributed by atoms with van der Waals surface area (Å²) >= 11 is 0. The van der Waals surface area contributed by atoms with Gasteiger partial charge in [-0.15, -0.1) is 0 Å². The molecular weight excluding hydrogens is 386 g/mol. The Morgan fingerprint density at radius 3 is 2.23 bits per heavy atom. The van der Waals surface area contributed by atoms with Gasteiger partial charge in [0.15, 0.2) is 0 Å². The monoisotopic (exact) mass is 409 g/mol. The number of carbonyl (C=O) groups excluding carboxylic acids is 1. The summed E-state index contributed by atoms with van der Waals surface area (Å²) in [6, 6.07) is 8.35. The molecule has 11 heteroatoms. The van der Waals surface area contributed by atoms with Crippen LogP contribution in [-0.4, -0.2) is 54.7 Å². The third-order valence-electron chi connectivity index (χ3n) is 3.01. The van der Waals surface area contributed by atoms with Crippen molar-refractivity contribution in [3.63, 3.8) is 0 Å². The van der Waals surface area contributed by atoms with E-state index >= 15 is 0 Å². The zero-order chi connectivity index (χ0) is 19.6. The smallest absolute Gasteiger partial charge is 0.407 e. The molecule has 1 N–H and O–H groups in total. The fraction of sp³-hybridized carbons (Fsp3) is 0.533. The molecule has 0 aliphatic heterocycles. The molecule has 1 atom stereocenters. The SMILES string of the molecule is CS(=O)(=O)OCCC[C@@H](COS(C)(=O)=O)NC(=O)OCc1ccccc1. The van der Waals surface area contributed by atoms with Crippen molar-refractivity contribution in [3.05, 3.63) is 35.9 Å². The van der Waals surface area contributed by atoms with E-state index < -0.39 is 32.4 Å². The predicted molar refractivity (Wildman–Crippen MR) is 94.4 cm³/mol. The lowest BCUT2D eigenvalue weighted by atomic mass is 10.2. The minimum Gasteiger partial charge on any atom is -0.445 e. The summed E-state index contributed by atoms with van der Waals surface area (Å²) in [6.07, 6.45) is 1.59. The van der Waals surface area contributed by atoms with Gasteiger partial charge in [0.2, 0.25) is 0 Å². The van der Waals surface area contributed by atoms with Crippen molar-refractivity contribution < 1.29 is 34.7 Å². The van der Waals surface area contributed by atoms with Crippen LogP contribution in [0.1, 0.15) is 18.4 Å². The van der Waals surface area contributed by atoms with Crippen LogP contribution in [-0.2, 0) is 39.9 Å². The first kappa shape index (κ1) is 22.4. The number of benzene rings is 1. The maximum atomic E-state index is 11.9. The molecule has 1 aromatic rings. The molecule has 0 fully saturated rings. The lowest BCUT2D eigenvalue weighted by Gasteiger charge is -2.18. The molecule has 1 amide bonds. The van der Waals surface area contributed by atoms with Crippen molar-refractivity contribution in [1.82, 2.24) is 5.32 Å². The summed E-state index contributed by atoms with van der Waals surface area (Å²) in [7, 11) is -7.24. The maximum Gasteiger partial charge on any atom is 0.407 e. The molecule has 0 bridgehead atoms. The molecule has 1 rings (SSSR count). The van der Waals surface area contributed by atoms with E-state index in [9.17, 15) is 21.6 Å². The van der Waals surface area contributed by atoms with Gasteiger partial charge in [0, 0.05) is 0 Å². The van der Waals surface area contributed by atoms with Crippen molar-refractivity contribution in [1.29, 1.82) is 0 Å². The number of rotatable bonds is 11. The third-order valence-corrected chi connectivity index (χ3v) is 4.17. The van der Waals surface area contributed by atoms with E-state index in [4.69, 9.17) is 8.92 Å². The molecule has 0 saturated carbocycles. The van der Waals surface area contributed by atoms with E-state index in [1.807, 2.05) is 6.07 Å². The number of hydrogen-bond acceptors (Lipinski definition) is 8. The zero-order valence-electron chi connectivity index (χ0n) is 14.6. The third kappa shape index (κ3) is 11.8.